The van der Waals surface area contributed by atoms with E-state index >= 15 is 0 Å². The highest BCUT2D eigenvalue weighted by Gasteiger charge is 2.22. The van der Waals surface area contributed by atoms with E-state index in [-0.39, 0.29) is 18.1 Å². The van der Waals surface area contributed by atoms with Gasteiger partial charge < -0.3 is 15.4 Å². The average molecular weight is 300 g/mol. The molecule has 2 heterocycles. The third-order valence-electron chi connectivity index (χ3n) is 3.66. The van der Waals surface area contributed by atoms with Gasteiger partial charge in [-0.2, -0.15) is 5.10 Å². The summed E-state index contributed by atoms with van der Waals surface area (Å²) < 4.78 is 7.40. The summed E-state index contributed by atoms with van der Waals surface area (Å²) in [6, 6.07) is 9.51. The molecule has 6 nitrogen and oxygen atoms in total. The summed E-state index contributed by atoms with van der Waals surface area (Å²) in [6.45, 7) is 3.22. The topological polar surface area (TPSA) is 68.2 Å². The lowest BCUT2D eigenvalue weighted by Gasteiger charge is -2.27. The Labute approximate surface area is 129 Å². The number of rotatable bonds is 4. The van der Waals surface area contributed by atoms with E-state index < -0.39 is 0 Å². The highest BCUT2D eigenvalue weighted by molar-refractivity contribution is 5.75. The average Bonchev–Trinajstić information content (AvgIpc) is 3.00. The molecule has 0 radical (unpaired) electrons. The SMILES string of the molecule is C[C@H](Cn1cccn1)NC(=O)N[C@H]1CCOc2ccccc21. The molecule has 116 valence electrons. The maximum atomic E-state index is 12.2. The summed E-state index contributed by atoms with van der Waals surface area (Å²) in [5.74, 6) is 0.851. The van der Waals surface area contributed by atoms with E-state index in [1.54, 1.807) is 10.9 Å². The molecule has 0 bridgehead atoms. The second-order valence-electron chi connectivity index (χ2n) is 5.47. The van der Waals surface area contributed by atoms with Crippen molar-refractivity contribution in [2.45, 2.75) is 32.0 Å². The normalized spacial score (nSPS) is 18.0. The lowest BCUT2D eigenvalue weighted by atomic mass is 10.0. The second-order valence-corrected chi connectivity index (χ2v) is 5.47. The molecule has 0 fully saturated rings. The number of hydrogen-bond donors (Lipinski definition) is 2. The number of nitrogens with zero attached hydrogens (tertiary/aromatic N) is 2. The van der Waals surface area contributed by atoms with Crippen molar-refractivity contribution in [3.8, 4) is 5.75 Å². The molecule has 0 saturated heterocycles. The fourth-order valence-electron chi connectivity index (χ4n) is 2.65. The minimum atomic E-state index is -0.165. The minimum Gasteiger partial charge on any atom is -0.493 e. The van der Waals surface area contributed by atoms with Gasteiger partial charge in [-0.25, -0.2) is 4.79 Å². The fourth-order valence-corrected chi connectivity index (χ4v) is 2.65. The van der Waals surface area contributed by atoms with Crippen molar-refractivity contribution in [2.24, 2.45) is 0 Å². The lowest BCUT2D eigenvalue weighted by molar-refractivity contribution is 0.219. The zero-order valence-electron chi connectivity index (χ0n) is 12.5. The summed E-state index contributed by atoms with van der Waals surface area (Å²) in [5.41, 5.74) is 1.03. The van der Waals surface area contributed by atoms with Crippen LogP contribution < -0.4 is 15.4 Å². The number of aromatic nitrogens is 2. The van der Waals surface area contributed by atoms with Gasteiger partial charge in [-0.3, -0.25) is 4.68 Å². The third kappa shape index (κ3) is 3.39. The molecular weight excluding hydrogens is 280 g/mol. The van der Waals surface area contributed by atoms with Crippen LogP contribution in [0.1, 0.15) is 24.9 Å². The van der Waals surface area contributed by atoms with Crippen molar-refractivity contribution in [3.05, 3.63) is 48.3 Å². The number of benzene rings is 1. The molecule has 2 amide bonds. The van der Waals surface area contributed by atoms with Gasteiger partial charge in [0, 0.05) is 30.4 Å². The number of carbonyl (C=O) groups is 1. The molecule has 2 aromatic rings. The van der Waals surface area contributed by atoms with Gasteiger partial charge in [0.05, 0.1) is 19.2 Å². The van der Waals surface area contributed by atoms with Crippen molar-refractivity contribution in [1.82, 2.24) is 20.4 Å². The number of hydrogen-bond acceptors (Lipinski definition) is 3. The number of urea groups is 1. The van der Waals surface area contributed by atoms with Gasteiger partial charge in [0.1, 0.15) is 5.75 Å². The Hall–Kier alpha value is -2.50. The first-order valence-electron chi connectivity index (χ1n) is 7.48. The van der Waals surface area contributed by atoms with Crippen LogP contribution in [0.4, 0.5) is 4.79 Å². The molecule has 22 heavy (non-hydrogen) atoms. The molecule has 1 aromatic heterocycles. The fraction of sp³-hybridized carbons (Fsp3) is 0.375. The zero-order valence-corrected chi connectivity index (χ0v) is 12.5. The highest BCUT2D eigenvalue weighted by atomic mass is 16.5. The molecule has 6 heteroatoms. The molecule has 0 unspecified atom stereocenters. The summed E-state index contributed by atoms with van der Waals surface area (Å²) in [4.78, 5) is 12.2. The molecule has 1 aromatic carbocycles. The number of fused-ring (bicyclic) bond motifs is 1. The zero-order chi connectivity index (χ0) is 15.4. The molecule has 0 aliphatic carbocycles. The van der Waals surface area contributed by atoms with Crippen LogP contribution >= 0.6 is 0 Å². The first-order chi connectivity index (χ1) is 10.7. The first kappa shape index (κ1) is 14.4. The van der Waals surface area contributed by atoms with Gasteiger partial charge in [0.25, 0.3) is 0 Å². The van der Waals surface area contributed by atoms with Crippen molar-refractivity contribution in [3.63, 3.8) is 0 Å². The molecule has 2 N–H and O–H groups in total. The summed E-state index contributed by atoms with van der Waals surface area (Å²) in [5, 5.41) is 10.1. The van der Waals surface area contributed by atoms with E-state index in [1.165, 1.54) is 0 Å². The van der Waals surface area contributed by atoms with E-state index in [4.69, 9.17) is 4.74 Å². The van der Waals surface area contributed by atoms with Crippen LogP contribution in [0.15, 0.2) is 42.7 Å². The molecule has 2 atom stereocenters. The minimum absolute atomic E-state index is 0.00464. The summed E-state index contributed by atoms with van der Waals surface area (Å²) in [7, 11) is 0. The second kappa shape index (κ2) is 6.51. The molecule has 0 spiro atoms. The van der Waals surface area contributed by atoms with E-state index in [2.05, 4.69) is 15.7 Å². The largest absolute Gasteiger partial charge is 0.493 e. The van der Waals surface area contributed by atoms with Gasteiger partial charge in [0.15, 0.2) is 0 Å². The van der Waals surface area contributed by atoms with Crippen LogP contribution in [0.3, 0.4) is 0 Å². The van der Waals surface area contributed by atoms with Gasteiger partial charge in [-0.05, 0) is 19.1 Å². The maximum absolute atomic E-state index is 12.2. The molecule has 1 aliphatic heterocycles. The quantitative estimate of drug-likeness (QED) is 0.908. The standard InChI is InChI=1S/C16H20N4O2/c1-12(11-20-9-4-8-17-20)18-16(21)19-14-7-10-22-15-6-3-2-5-13(14)15/h2-6,8-9,12,14H,7,10-11H2,1H3,(H2,18,19,21)/t12-,14+/m1/s1. The van der Waals surface area contributed by atoms with Gasteiger partial charge in [0.2, 0.25) is 0 Å². The molecule has 0 saturated carbocycles. The Bertz CT molecular complexity index is 627. The summed E-state index contributed by atoms with van der Waals surface area (Å²) >= 11 is 0. The van der Waals surface area contributed by atoms with Crippen LogP contribution in [-0.2, 0) is 6.54 Å². The van der Waals surface area contributed by atoms with Gasteiger partial charge in [-0.1, -0.05) is 18.2 Å². The van der Waals surface area contributed by atoms with Crippen molar-refractivity contribution < 1.29 is 9.53 Å². The van der Waals surface area contributed by atoms with Crippen LogP contribution in [0.5, 0.6) is 5.75 Å². The van der Waals surface area contributed by atoms with Gasteiger partial charge in [-0.15, -0.1) is 0 Å². The Morgan fingerprint density at radius 1 is 1.45 bits per heavy atom. The first-order valence-corrected chi connectivity index (χ1v) is 7.48. The summed E-state index contributed by atoms with van der Waals surface area (Å²) in [6.07, 6.45) is 4.38. The van der Waals surface area contributed by atoms with Crippen molar-refractivity contribution in [1.29, 1.82) is 0 Å². The lowest BCUT2D eigenvalue weighted by Crippen LogP contribution is -2.44. The number of carbonyl (C=O) groups excluding carboxylic acids is 1. The van der Waals surface area contributed by atoms with Gasteiger partial charge >= 0.3 is 6.03 Å². The van der Waals surface area contributed by atoms with Crippen molar-refractivity contribution in [2.75, 3.05) is 6.61 Å². The Morgan fingerprint density at radius 3 is 3.14 bits per heavy atom. The number of amides is 2. The van der Waals surface area contributed by atoms with E-state index in [0.29, 0.717) is 13.2 Å². The van der Waals surface area contributed by atoms with Crippen molar-refractivity contribution >= 4 is 6.03 Å². The predicted molar refractivity (Wildman–Crippen MR) is 82.7 cm³/mol. The molecular formula is C16H20N4O2. The van der Waals surface area contributed by atoms with E-state index in [0.717, 1.165) is 17.7 Å². The smallest absolute Gasteiger partial charge is 0.315 e. The Kier molecular flexibility index (Phi) is 4.27. The Balaban J connectivity index is 1.56. The van der Waals surface area contributed by atoms with Crippen LogP contribution in [0, 0.1) is 0 Å². The number of ether oxygens (including phenoxy) is 1. The third-order valence-corrected chi connectivity index (χ3v) is 3.66. The van der Waals surface area contributed by atoms with Crippen LogP contribution in [-0.4, -0.2) is 28.5 Å². The molecule has 1 aliphatic rings. The number of para-hydroxylation sites is 1. The maximum Gasteiger partial charge on any atom is 0.315 e. The monoisotopic (exact) mass is 300 g/mol. The highest BCUT2D eigenvalue weighted by Crippen LogP contribution is 2.31. The molecule has 3 rings (SSSR count). The predicted octanol–water partition coefficient (Wildman–Crippen LogP) is 2.09. The van der Waals surface area contributed by atoms with E-state index in [9.17, 15) is 4.79 Å². The number of nitrogens with one attached hydrogen (secondary N) is 2. The van der Waals surface area contributed by atoms with Crippen LogP contribution in [0.2, 0.25) is 0 Å². The van der Waals surface area contributed by atoms with E-state index in [1.807, 2.05) is 43.5 Å². The van der Waals surface area contributed by atoms with Crippen LogP contribution in [0.25, 0.3) is 0 Å². The Morgan fingerprint density at radius 2 is 2.32 bits per heavy atom.